The zero-order chi connectivity index (χ0) is 17.4. The summed E-state index contributed by atoms with van der Waals surface area (Å²) in [6.45, 7) is 9.63. The maximum Gasteiger partial charge on any atom is 0.340 e. The quantitative estimate of drug-likeness (QED) is 0.615. The molecular formula is C17H24N2O4. The first-order valence-corrected chi connectivity index (χ1v) is 7.68. The van der Waals surface area contributed by atoms with Crippen LogP contribution in [0.3, 0.4) is 0 Å². The molecule has 0 heterocycles. The third-order valence-corrected chi connectivity index (χ3v) is 2.72. The second kappa shape index (κ2) is 8.92. The van der Waals surface area contributed by atoms with Crippen molar-refractivity contribution < 1.29 is 19.1 Å². The topological polar surface area (TPSA) is 77.0 Å². The highest BCUT2D eigenvalue weighted by molar-refractivity contribution is 6.00. The van der Waals surface area contributed by atoms with Crippen LogP contribution in [-0.2, 0) is 9.53 Å². The van der Waals surface area contributed by atoms with E-state index < -0.39 is 5.97 Å². The van der Waals surface area contributed by atoms with Crippen LogP contribution >= 0.6 is 0 Å². The van der Waals surface area contributed by atoms with Crippen LogP contribution in [0, 0.1) is 5.92 Å². The fourth-order valence-electron chi connectivity index (χ4n) is 1.84. The lowest BCUT2D eigenvalue weighted by molar-refractivity contribution is -0.114. The monoisotopic (exact) mass is 320 g/mol. The Bertz CT molecular complexity index is 595. The van der Waals surface area contributed by atoms with E-state index in [0.717, 1.165) is 0 Å². The molecule has 1 aromatic rings. The van der Waals surface area contributed by atoms with E-state index in [-0.39, 0.29) is 24.0 Å². The van der Waals surface area contributed by atoms with E-state index in [1.165, 1.54) is 13.0 Å². The van der Waals surface area contributed by atoms with E-state index in [4.69, 9.17) is 9.47 Å². The predicted molar refractivity (Wildman–Crippen MR) is 90.9 cm³/mol. The number of amides is 1. The van der Waals surface area contributed by atoms with Gasteiger partial charge in [0.15, 0.2) is 0 Å². The Morgan fingerprint density at radius 1 is 1.26 bits per heavy atom. The van der Waals surface area contributed by atoms with E-state index in [2.05, 4.69) is 10.3 Å². The van der Waals surface area contributed by atoms with Gasteiger partial charge in [0.05, 0.1) is 30.2 Å². The Kier molecular flexibility index (Phi) is 7.25. The molecular weight excluding hydrogens is 296 g/mol. The number of rotatable bonds is 7. The first-order chi connectivity index (χ1) is 10.9. The van der Waals surface area contributed by atoms with Crippen molar-refractivity contribution in [3.63, 3.8) is 0 Å². The molecule has 6 nitrogen and oxygen atoms in total. The van der Waals surface area contributed by atoms with Crippen molar-refractivity contribution in [1.29, 1.82) is 0 Å². The van der Waals surface area contributed by atoms with Crippen LogP contribution < -0.4 is 10.1 Å². The Labute approximate surface area is 136 Å². The van der Waals surface area contributed by atoms with Crippen LogP contribution in [0.15, 0.2) is 17.1 Å². The minimum absolute atomic E-state index is 0.232. The van der Waals surface area contributed by atoms with Crippen molar-refractivity contribution in [1.82, 2.24) is 0 Å². The first kappa shape index (κ1) is 18.7. The molecule has 1 N–H and O–H groups in total. The number of nitrogens with one attached hydrogen (secondary N) is 1. The zero-order valence-electron chi connectivity index (χ0n) is 14.3. The molecule has 0 saturated heterocycles. The molecule has 0 saturated carbocycles. The van der Waals surface area contributed by atoms with Gasteiger partial charge in [-0.1, -0.05) is 13.8 Å². The number of anilines is 1. The summed E-state index contributed by atoms with van der Waals surface area (Å²) in [6, 6.07) is 3.18. The first-order valence-electron chi connectivity index (χ1n) is 7.68. The van der Waals surface area contributed by atoms with Crippen LogP contribution in [0.25, 0.3) is 0 Å². The summed E-state index contributed by atoms with van der Waals surface area (Å²) in [5.41, 5.74) is 1.16. The van der Waals surface area contributed by atoms with E-state index in [1.54, 1.807) is 19.2 Å². The highest BCUT2D eigenvalue weighted by Crippen LogP contribution is 2.34. The zero-order valence-corrected chi connectivity index (χ0v) is 14.3. The van der Waals surface area contributed by atoms with Crippen molar-refractivity contribution in [2.24, 2.45) is 10.9 Å². The number of aliphatic imine (C=N–C) groups is 1. The molecule has 0 aliphatic rings. The van der Waals surface area contributed by atoms with E-state index in [9.17, 15) is 9.59 Å². The normalized spacial score (nSPS) is 10.9. The Morgan fingerprint density at radius 3 is 2.48 bits per heavy atom. The van der Waals surface area contributed by atoms with Gasteiger partial charge in [0.25, 0.3) is 0 Å². The molecule has 1 rings (SSSR count). The number of hydrogen-bond donors (Lipinski definition) is 1. The van der Waals surface area contributed by atoms with Crippen molar-refractivity contribution in [2.75, 3.05) is 18.5 Å². The molecule has 0 aliphatic carbocycles. The van der Waals surface area contributed by atoms with Crippen LogP contribution in [0.1, 0.15) is 45.0 Å². The van der Waals surface area contributed by atoms with Gasteiger partial charge in [0, 0.05) is 19.2 Å². The second-order valence-electron chi connectivity index (χ2n) is 5.22. The second-order valence-corrected chi connectivity index (χ2v) is 5.22. The van der Waals surface area contributed by atoms with Gasteiger partial charge in [-0.2, -0.15) is 0 Å². The number of esters is 1. The minimum atomic E-state index is -0.488. The van der Waals surface area contributed by atoms with E-state index >= 15 is 0 Å². The number of benzene rings is 1. The number of carbonyl (C=O) groups is 2. The lowest BCUT2D eigenvalue weighted by Crippen LogP contribution is -2.11. The third kappa shape index (κ3) is 5.73. The Balaban J connectivity index is 3.41. The van der Waals surface area contributed by atoms with Gasteiger partial charge < -0.3 is 14.8 Å². The molecule has 0 aliphatic heterocycles. The summed E-state index contributed by atoms with van der Waals surface area (Å²) in [4.78, 5) is 27.9. The van der Waals surface area contributed by atoms with Crippen molar-refractivity contribution in [2.45, 2.75) is 34.6 Å². The smallest absolute Gasteiger partial charge is 0.340 e. The maximum absolute atomic E-state index is 12.2. The van der Waals surface area contributed by atoms with Gasteiger partial charge in [0.1, 0.15) is 5.75 Å². The van der Waals surface area contributed by atoms with Gasteiger partial charge in [-0.25, -0.2) is 4.79 Å². The fraction of sp³-hybridized carbons (Fsp3) is 0.471. The average molecular weight is 320 g/mol. The fourth-order valence-corrected chi connectivity index (χ4v) is 1.84. The summed E-state index contributed by atoms with van der Waals surface area (Å²) in [5.74, 6) is -0.0421. The highest BCUT2D eigenvalue weighted by Gasteiger charge is 2.18. The Morgan fingerprint density at radius 2 is 1.96 bits per heavy atom. The largest absolute Gasteiger partial charge is 0.492 e. The summed E-state index contributed by atoms with van der Waals surface area (Å²) in [5, 5.41) is 2.66. The van der Waals surface area contributed by atoms with Crippen molar-refractivity contribution >= 4 is 29.5 Å². The molecule has 0 radical (unpaired) electrons. The minimum Gasteiger partial charge on any atom is -0.492 e. The molecule has 23 heavy (non-hydrogen) atoms. The summed E-state index contributed by atoms with van der Waals surface area (Å²) in [7, 11) is 0. The molecule has 0 aromatic heterocycles. The van der Waals surface area contributed by atoms with Crippen LogP contribution in [0.2, 0.25) is 0 Å². The van der Waals surface area contributed by atoms with Crippen LogP contribution in [0.4, 0.5) is 11.4 Å². The molecule has 0 unspecified atom stereocenters. The van der Waals surface area contributed by atoms with Crippen molar-refractivity contribution in [3.05, 3.63) is 17.7 Å². The van der Waals surface area contributed by atoms with E-state index in [0.29, 0.717) is 23.7 Å². The predicted octanol–water partition coefficient (Wildman–Crippen LogP) is 3.58. The molecule has 0 bridgehead atoms. The average Bonchev–Trinajstić information content (AvgIpc) is 2.46. The highest BCUT2D eigenvalue weighted by atomic mass is 16.5. The van der Waals surface area contributed by atoms with Gasteiger partial charge in [-0.15, -0.1) is 0 Å². The van der Waals surface area contributed by atoms with Crippen LogP contribution in [0.5, 0.6) is 5.75 Å². The third-order valence-electron chi connectivity index (χ3n) is 2.72. The van der Waals surface area contributed by atoms with Crippen LogP contribution in [-0.4, -0.2) is 31.3 Å². The molecule has 6 heteroatoms. The molecule has 0 spiro atoms. The van der Waals surface area contributed by atoms with Gasteiger partial charge >= 0.3 is 5.97 Å². The summed E-state index contributed by atoms with van der Waals surface area (Å²) >= 11 is 0. The van der Waals surface area contributed by atoms with Gasteiger partial charge in [-0.05, 0) is 25.8 Å². The molecule has 1 aromatic carbocycles. The maximum atomic E-state index is 12.2. The van der Waals surface area contributed by atoms with Gasteiger partial charge in [-0.3, -0.25) is 9.79 Å². The molecule has 0 atom stereocenters. The number of hydrogen-bond acceptors (Lipinski definition) is 5. The summed E-state index contributed by atoms with van der Waals surface area (Å²) in [6.07, 6.45) is 1.74. The molecule has 126 valence electrons. The van der Waals surface area contributed by atoms with Gasteiger partial charge in [0.2, 0.25) is 5.91 Å². The lowest BCUT2D eigenvalue weighted by atomic mass is 10.1. The number of ether oxygens (including phenoxy) is 2. The number of nitrogens with zero attached hydrogens (tertiary/aromatic N) is 1. The lowest BCUT2D eigenvalue weighted by Gasteiger charge is -2.14. The standard InChI is InChI=1S/C17H24N2O4/c1-6-22-16-9-14(18-10-11(3)4)13(17(21)23-7-2)8-15(16)19-12(5)20/h8-11H,6-7H2,1-5H3,(H,19,20). The Hall–Kier alpha value is -2.37. The molecule has 1 amide bonds. The van der Waals surface area contributed by atoms with Crippen molar-refractivity contribution in [3.8, 4) is 5.75 Å². The summed E-state index contributed by atoms with van der Waals surface area (Å²) < 4.78 is 10.6. The van der Waals surface area contributed by atoms with E-state index in [1.807, 2.05) is 20.8 Å². The molecule has 0 fully saturated rings. The number of carbonyl (C=O) groups excluding carboxylic acids is 2. The SMILES string of the molecule is CCOC(=O)c1cc(NC(C)=O)c(OCC)cc1N=CC(C)C.